The quantitative estimate of drug-likeness (QED) is 0.849. The van der Waals surface area contributed by atoms with E-state index in [0.717, 1.165) is 13.0 Å². The highest BCUT2D eigenvalue weighted by molar-refractivity contribution is 7.09. The van der Waals surface area contributed by atoms with Gasteiger partial charge >= 0.3 is 0 Å². The van der Waals surface area contributed by atoms with E-state index in [1.807, 2.05) is 19.9 Å². The van der Waals surface area contributed by atoms with Crippen LogP contribution in [0.1, 0.15) is 18.7 Å². The minimum atomic E-state index is 0.0381. The molecule has 0 saturated carbocycles. The lowest BCUT2D eigenvalue weighted by Crippen LogP contribution is -2.13. The van der Waals surface area contributed by atoms with E-state index in [2.05, 4.69) is 26.7 Å². The number of rotatable bonds is 6. The molecular formula is C13H18N4OS. The zero-order valence-electron chi connectivity index (χ0n) is 11.1. The second-order valence-electron chi connectivity index (χ2n) is 4.36. The highest BCUT2D eigenvalue weighted by Crippen LogP contribution is 2.25. The van der Waals surface area contributed by atoms with Gasteiger partial charge in [-0.3, -0.25) is 0 Å². The molecule has 0 aromatic carbocycles. The number of hydrogen-bond acceptors (Lipinski definition) is 6. The number of anilines is 2. The van der Waals surface area contributed by atoms with Crippen molar-refractivity contribution in [1.29, 1.82) is 0 Å². The van der Waals surface area contributed by atoms with Gasteiger partial charge in [0.1, 0.15) is 12.0 Å². The van der Waals surface area contributed by atoms with E-state index in [1.165, 1.54) is 11.2 Å². The highest BCUT2D eigenvalue weighted by atomic mass is 32.1. The van der Waals surface area contributed by atoms with Gasteiger partial charge in [-0.2, -0.15) is 4.98 Å². The molecule has 0 atom stereocenters. The fourth-order valence-corrected chi connectivity index (χ4v) is 2.31. The van der Waals surface area contributed by atoms with Crippen molar-refractivity contribution in [2.75, 3.05) is 17.6 Å². The van der Waals surface area contributed by atoms with E-state index in [1.54, 1.807) is 11.3 Å². The second kappa shape index (κ2) is 6.38. The number of nitrogen functional groups attached to an aromatic ring is 1. The summed E-state index contributed by atoms with van der Waals surface area (Å²) in [6.07, 6.45) is 2.44. The molecule has 0 radical (unpaired) electrons. The van der Waals surface area contributed by atoms with Crippen molar-refractivity contribution >= 4 is 22.8 Å². The van der Waals surface area contributed by atoms with Crippen LogP contribution in [0.2, 0.25) is 0 Å². The molecule has 0 aliphatic heterocycles. The van der Waals surface area contributed by atoms with Gasteiger partial charge in [-0.1, -0.05) is 6.07 Å². The van der Waals surface area contributed by atoms with Gasteiger partial charge in [0.05, 0.1) is 6.10 Å². The number of nitrogens with zero attached hydrogens (tertiary/aromatic N) is 2. The van der Waals surface area contributed by atoms with Gasteiger partial charge in [-0.05, 0) is 31.7 Å². The van der Waals surface area contributed by atoms with E-state index in [9.17, 15) is 0 Å². The van der Waals surface area contributed by atoms with Gasteiger partial charge < -0.3 is 15.8 Å². The summed E-state index contributed by atoms with van der Waals surface area (Å²) in [6, 6.07) is 4.16. The van der Waals surface area contributed by atoms with E-state index in [-0.39, 0.29) is 6.10 Å². The van der Waals surface area contributed by atoms with Crippen LogP contribution in [-0.2, 0) is 6.42 Å². The molecule has 102 valence electrons. The maximum absolute atomic E-state index is 5.98. The zero-order valence-corrected chi connectivity index (χ0v) is 11.9. The minimum Gasteiger partial charge on any atom is -0.473 e. The zero-order chi connectivity index (χ0) is 13.7. The molecule has 6 heteroatoms. The Morgan fingerprint density at radius 2 is 2.26 bits per heavy atom. The van der Waals surface area contributed by atoms with Gasteiger partial charge in [0.15, 0.2) is 5.82 Å². The van der Waals surface area contributed by atoms with Crippen molar-refractivity contribution in [3.8, 4) is 5.88 Å². The normalized spacial score (nSPS) is 10.7. The predicted molar refractivity (Wildman–Crippen MR) is 78.7 cm³/mol. The van der Waals surface area contributed by atoms with Gasteiger partial charge in [-0.15, -0.1) is 11.3 Å². The van der Waals surface area contributed by atoms with Crippen LogP contribution in [0.3, 0.4) is 0 Å². The number of hydrogen-bond donors (Lipinski definition) is 2. The first-order valence-corrected chi connectivity index (χ1v) is 7.08. The van der Waals surface area contributed by atoms with Gasteiger partial charge in [0.25, 0.3) is 0 Å². The minimum absolute atomic E-state index is 0.0381. The Labute approximate surface area is 116 Å². The summed E-state index contributed by atoms with van der Waals surface area (Å²) >= 11 is 1.75. The standard InChI is InChI=1S/C13H18N4OS/c1-9(2)18-13-11(14)12(16-8-17-13)15-6-5-10-4-3-7-19-10/h3-4,7-9H,5-6,14H2,1-2H3,(H,15,16,17). The van der Waals surface area contributed by atoms with Crippen LogP contribution in [0.25, 0.3) is 0 Å². The monoisotopic (exact) mass is 278 g/mol. The van der Waals surface area contributed by atoms with Crippen molar-refractivity contribution in [3.63, 3.8) is 0 Å². The molecular weight excluding hydrogens is 260 g/mol. The molecule has 0 bridgehead atoms. The summed E-state index contributed by atoms with van der Waals surface area (Å²) in [5, 5.41) is 5.29. The Balaban J connectivity index is 1.96. The van der Waals surface area contributed by atoms with Crippen LogP contribution in [-0.4, -0.2) is 22.6 Å². The summed E-state index contributed by atoms with van der Waals surface area (Å²) in [4.78, 5) is 9.51. The summed E-state index contributed by atoms with van der Waals surface area (Å²) < 4.78 is 5.52. The summed E-state index contributed by atoms with van der Waals surface area (Å²) in [7, 11) is 0. The maximum atomic E-state index is 5.98. The first kappa shape index (κ1) is 13.6. The lowest BCUT2D eigenvalue weighted by molar-refractivity contribution is 0.234. The molecule has 2 aromatic rings. The average Bonchev–Trinajstić information content (AvgIpc) is 2.86. The molecule has 0 aliphatic rings. The van der Waals surface area contributed by atoms with Crippen LogP contribution < -0.4 is 15.8 Å². The van der Waals surface area contributed by atoms with Crippen molar-refractivity contribution in [3.05, 3.63) is 28.7 Å². The molecule has 0 fully saturated rings. The molecule has 0 aliphatic carbocycles. The molecule has 0 saturated heterocycles. The molecule has 2 heterocycles. The molecule has 2 aromatic heterocycles. The topological polar surface area (TPSA) is 73.1 Å². The summed E-state index contributed by atoms with van der Waals surface area (Å²) in [6.45, 7) is 4.65. The fraction of sp³-hybridized carbons (Fsp3) is 0.385. The van der Waals surface area contributed by atoms with Crippen LogP contribution in [0.5, 0.6) is 5.88 Å². The molecule has 5 nitrogen and oxygen atoms in total. The molecule has 19 heavy (non-hydrogen) atoms. The Bertz CT molecular complexity index is 513. The van der Waals surface area contributed by atoms with Crippen molar-refractivity contribution < 1.29 is 4.74 Å². The van der Waals surface area contributed by atoms with Crippen molar-refractivity contribution in [2.24, 2.45) is 0 Å². The third-order valence-electron chi connectivity index (χ3n) is 2.44. The molecule has 0 amide bonds. The van der Waals surface area contributed by atoms with Gasteiger partial charge in [0, 0.05) is 11.4 Å². The van der Waals surface area contributed by atoms with Crippen molar-refractivity contribution in [2.45, 2.75) is 26.4 Å². The Kier molecular flexibility index (Phi) is 4.57. The Morgan fingerprint density at radius 3 is 2.95 bits per heavy atom. The summed E-state index contributed by atoms with van der Waals surface area (Å²) in [5.41, 5.74) is 6.44. The number of ether oxygens (including phenoxy) is 1. The predicted octanol–water partition coefficient (Wildman–Crippen LogP) is 2.56. The van der Waals surface area contributed by atoms with Gasteiger partial charge in [0.2, 0.25) is 5.88 Å². The lowest BCUT2D eigenvalue weighted by atomic mass is 10.3. The van der Waals surface area contributed by atoms with Crippen molar-refractivity contribution in [1.82, 2.24) is 9.97 Å². The lowest BCUT2D eigenvalue weighted by Gasteiger charge is -2.13. The van der Waals surface area contributed by atoms with Crippen LogP contribution in [0.4, 0.5) is 11.5 Å². The fourth-order valence-electron chi connectivity index (χ4n) is 1.60. The third-order valence-corrected chi connectivity index (χ3v) is 3.37. The maximum Gasteiger partial charge on any atom is 0.242 e. The first-order chi connectivity index (χ1) is 9.16. The highest BCUT2D eigenvalue weighted by Gasteiger charge is 2.10. The van der Waals surface area contributed by atoms with E-state index in [4.69, 9.17) is 10.5 Å². The number of nitrogens with two attached hydrogens (primary N) is 1. The van der Waals surface area contributed by atoms with Gasteiger partial charge in [-0.25, -0.2) is 4.98 Å². The van der Waals surface area contributed by atoms with Crippen LogP contribution >= 0.6 is 11.3 Å². The molecule has 0 spiro atoms. The third kappa shape index (κ3) is 3.82. The number of nitrogens with one attached hydrogen (secondary N) is 1. The van der Waals surface area contributed by atoms with Crippen LogP contribution in [0.15, 0.2) is 23.8 Å². The van der Waals surface area contributed by atoms with E-state index >= 15 is 0 Å². The Morgan fingerprint density at radius 1 is 1.42 bits per heavy atom. The largest absolute Gasteiger partial charge is 0.473 e. The molecule has 3 N–H and O–H groups in total. The SMILES string of the molecule is CC(C)Oc1ncnc(NCCc2cccs2)c1N. The average molecular weight is 278 g/mol. The van der Waals surface area contributed by atoms with E-state index < -0.39 is 0 Å². The summed E-state index contributed by atoms with van der Waals surface area (Å²) in [5.74, 6) is 1.06. The number of thiophene rings is 1. The Hall–Kier alpha value is -1.82. The smallest absolute Gasteiger partial charge is 0.242 e. The second-order valence-corrected chi connectivity index (χ2v) is 5.40. The molecule has 0 unspecified atom stereocenters. The molecule has 2 rings (SSSR count). The number of aromatic nitrogens is 2. The van der Waals surface area contributed by atoms with E-state index in [0.29, 0.717) is 17.4 Å². The first-order valence-electron chi connectivity index (χ1n) is 6.20. The van der Waals surface area contributed by atoms with Crippen LogP contribution in [0, 0.1) is 0 Å².